The summed E-state index contributed by atoms with van der Waals surface area (Å²) >= 11 is 0. The van der Waals surface area contributed by atoms with E-state index < -0.39 is 18.8 Å². The van der Waals surface area contributed by atoms with Crippen LogP contribution < -0.4 is 10.6 Å². The maximum Gasteiger partial charge on any atom is 0.321 e. The second-order valence-electron chi connectivity index (χ2n) is 6.71. The molecule has 2 amide bonds. The molecule has 5 nitrogen and oxygen atoms in total. The monoisotopic (exact) mass is 464 g/mol. The molecule has 166 valence electrons. The van der Waals surface area contributed by atoms with Gasteiger partial charge in [0.1, 0.15) is 11.5 Å². The third-order valence-electron chi connectivity index (χ3n) is 4.60. The summed E-state index contributed by atoms with van der Waals surface area (Å²) in [6.07, 6.45) is -2.59. The molecule has 4 aromatic rings. The zero-order valence-electron chi connectivity index (χ0n) is 16.3. The van der Waals surface area contributed by atoms with Crippen LogP contribution in [0.4, 0.5) is 28.0 Å². The number of carbonyl (C=O) groups excluding carboxylic acids is 1. The van der Waals surface area contributed by atoms with E-state index in [1.165, 1.54) is 17.4 Å². The largest absolute Gasteiger partial charge is 0.321 e. The summed E-state index contributed by atoms with van der Waals surface area (Å²) in [4.78, 5) is 16.1. The highest BCUT2D eigenvalue weighted by Crippen LogP contribution is 2.27. The number of rotatable bonds is 5. The van der Waals surface area contributed by atoms with Gasteiger partial charge in [-0.15, -0.1) is 12.4 Å². The maximum absolute atomic E-state index is 13.2. The molecule has 2 N–H and O–H groups in total. The predicted octanol–water partition coefficient (Wildman–Crippen LogP) is 5.91. The molecular formula is C22H17ClF4N4O. The average molecular weight is 465 g/mol. The van der Waals surface area contributed by atoms with E-state index in [1.807, 2.05) is 22.7 Å². The second-order valence-corrected chi connectivity index (χ2v) is 6.71. The fourth-order valence-electron chi connectivity index (χ4n) is 3.13. The molecule has 0 aliphatic rings. The number of halogens is 5. The highest BCUT2D eigenvalue weighted by molar-refractivity contribution is 5.90. The molecule has 0 saturated carbocycles. The average Bonchev–Trinajstić information content (AvgIpc) is 3.17. The topological polar surface area (TPSA) is 58.4 Å². The van der Waals surface area contributed by atoms with Crippen molar-refractivity contribution in [3.05, 3.63) is 78.9 Å². The standard InChI is InChI=1S/C22H16F4N4O.ClH/c23-16-6-4-13(5-7-16)14-8-9-30-18(12-27-19(30)11-14)15-2-1-3-17(10-15)28-22(31)29-21(26)20(24)25;/h1-12,20-21H,(H2,28,29,31);1H. The van der Waals surface area contributed by atoms with Gasteiger partial charge in [0.05, 0.1) is 11.9 Å². The third-order valence-corrected chi connectivity index (χ3v) is 4.60. The summed E-state index contributed by atoms with van der Waals surface area (Å²) in [5.74, 6) is -0.314. The van der Waals surface area contributed by atoms with Gasteiger partial charge in [-0.3, -0.25) is 4.40 Å². The lowest BCUT2D eigenvalue weighted by molar-refractivity contribution is 0.0380. The smallest absolute Gasteiger partial charge is 0.308 e. The molecule has 0 fully saturated rings. The first-order chi connectivity index (χ1) is 14.9. The van der Waals surface area contributed by atoms with Crippen molar-refractivity contribution in [2.45, 2.75) is 12.7 Å². The second kappa shape index (κ2) is 9.69. The summed E-state index contributed by atoms with van der Waals surface area (Å²) in [5, 5.41) is 3.86. The number of amides is 2. The lowest BCUT2D eigenvalue weighted by Crippen LogP contribution is -2.39. The summed E-state index contributed by atoms with van der Waals surface area (Å²) in [5.41, 5.74) is 4.10. The van der Waals surface area contributed by atoms with Gasteiger partial charge in [-0.2, -0.15) is 0 Å². The molecule has 0 aliphatic heterocycles. The molecule has 10 heteroatoms. The van der Waals surface area contributed by atoms with Crippen LogP contribution in [-0.2, 0) is 0 Å². The van der Waals surface area contributed by atoms with Crippen LogP contribution in [0.2, 0.25) is 0 Å². The van der Waals surface area contributed by atoms with Crippen molar-refractivity contribution in [1.29, 1.82) is 0 Å². The van der Waals surface area contributed by atoms with Crippen LogP contribution in [0.15, 0.2) is 73.1 Å². The van der Waals surface area contributed by atoms with Gasteiger partial charge >= 0.3 is 6.03 Å². The molecule has 1 unspecified atom stereocenters. The van der Waals surface area contributed by atoms with Gasteiger partial charge in [0.25, 0.3) is 6.43 Å². The van der Waals surface area contributed by atoms with Gasteiger partial charge in [0.2, 0.25) is 6.30 Å². The zero-order valence-corrected chi connectivity index (χ0v) is 17.1. The van der Waals surface area contributed by atoms with Crippen LogP contribution in [0.5, 0.6) is 0 Å². The molecule has 0 radical (unpaired) electrons. The number of aromatic nitrogens is 2. The van der Waals surface area contributed by atoms with Gasteiger partial charge in [-0.25, -0.2) is 27.3 Å². The number of hydrogen-bond donors (Lipinski definition) is 2. The number of nitrogens with zero attached hydrogens (tertiary/aromatic N) is 2. The summed E-state index contributed by atoms with van der Waals surface area (Å²) in [6, 6.07) is 15.4. The fourth-order valence-corrected chi connectivity index (χ4v) is 3.13. The van der Waals surface area contributed by atoms with E-state index in [2.05, 4.69) is 10.3 Å². The predicted molar refractivity (Wildman–Crippen MR) is 116 cm³/mol. The van der Waals surface area contributed by atoms with E-state index in [9.17, 15) is 22.4 Å². The summed E-state index contributed by atoms with van der Waals surface area (Å²) in [7, 11) is 0. The molecular weight excluding hydrogens is 448 g/mol. The van der Waals surface area contributed by atoms with Crippen molar-refractivity contribution in [2.24, 2.45) is 0 Å². The highest BCUT2D eigenvalue weighted by atomic mass is 35.5. The first-order valence-electron chi connectivity index (χ1n) is 9.24. The van der Waals surface area contributed by atoms with Crippen molar-refractivity contribution in [3.8, 4) is 22.4 Å². The Bertz CT molecular complexity index is 1230. The normalized spacial score (nSPS) is 11.8. The Morgan fingerprint density at radius 3 is 2.41 bits per heavy atom. The number of benzene rings is 2. The van der Waals surface area contributed by atoms with Crippen LogP contribution in [-0.4, -0.2) is 28.1 Å². The maximum atomic E-state index is 13.2. The molecule has 2 aromatic heterocycles. The molecule has 4 rings (SSSR count). The van der Waals surface area contributed by atoms with Crippen LogP contribution in [0.3, 0.4) is 0 Å². The summed E-state index contributed by atoms with van der Waals surface area (Å²) in [6.45, 7) is 0. The third kappa shape index (κ3) is 5.00. The number of pyridine rings is 1. The molecule has 0 aliphatic carbocycles. The molecule has 0 bridgehead atoms. The van der Waals surface area contributed by atoms with Crippen molar-refractivity contribution in [2.75, 3.05) is 5.32 Å². The number of imidazole rings is 1. The van der Waals surface area contributed by atoms with E-state index in [-0.39, 0.29) is 18.2 Å². The van der Waals surface area contributed by atoms with Crippen molar-refractivity contribution >= 4 is 29.8 Å². The first kappa shape index (κ1) is 23.1. The number of nitrogens with one attached hydrogen (secondary N) is 2. The van der Waals surface area contributed by atoms with E-state index in [4.69, 9.17) is 0 Å². The fraction of sp³-hybridized carbons (Fsp3) is 0.0909. The molecule has 32 heavy (non-hydrogen) atoms. The Morgan fingerprint density at radius 1 is 0.938 bits per heavy atom. The number of anilines is 1. The van der Waals surface area contributed by atoms with E-state index in [0.29, 0.717) is 16.9 Å². The number of urea groups is 1. The van der Waals surface area contributed by atoms with Gasteiger partial charge in [0.15, 0.2) is 0 Å². The van der Waals surface area contributed by atoms with E-state index in [0.717, 1.165) is 16.8 Å². The zero-order chi connectivity index (χ0) is 22.0. The van der Waals surface area contributed by atoms with Crippen molar-refractivity contribution in [1.82, 2.24) is 14.7 Å². The first-order valence-corrected chi connectivity index (χ1v) is 9.24. The lowest BCUT2D eigenvalue weighted by atomic mass is 10.1. The Hall–Kier alpha value is -3.59. The highest BCUT2D eigenvalue weighted by Gasteiger charge is 2.21. The van der Waals surface area contributed by atoms with Crippen LogP contribution in [0, 0.1) is 5.82 Å². The minimum Gasteiger partial charge on any atom is -0.308 e. The van der Waals surface area contributed by atoms with Crippen molar-refractivity contribution < 1.29 is 22.4 Å². The Balaban J connectivity index is 0.00000289. The molecule has 0 spiro atoms. The Kier molecular flexibility index (Phi) is 6.99. The quantitative estimate of drug-likeness (QED) is 0.285. The lowest BCUT2D eigenvalue weighted by Gasteiger charge is -2.11. The molecule has 2 heterocycles. The Morgan fingerprint density at radius 2 is 1.69 bits per heavy atom. The van der Waals surface area contributed by atoms with Crippen LogP contribution in [0.25, 0.3) is 28.0 Å². The molecule has 1 atom stereocenters. The minimum atomic E-state index is -3.31. The molecule has 2 aromatic carbocycles. The summed E-state index contributed by atoms with van der Waals surface area (Å²) < 4.78 is 52.4. The number of alkyl halides is 3. The van der Waals surface area contributed by atoms with E-state index >= 15 is 0 Å². The van der Waals surface area contributed by atoms with Gasteiger partial charge in [0, 0.05) is 17.4 Å². The number of carbonyl (C=O) groups is 1. The van der Waals surface area contributed by atoms with Crippen LogP contribution in [0.1, 0.15) is 0 Å². The number of fused-ring (bicyclic) bond motifs is 1. The SMILES string of the molecule is Cl.O=C(Nc1cccc(-c2cnc3cc(-c4ccc(F)cc4)ccn23)c1)NC(F)C(F)F. The van der Waals surface area contributed by atoms with Gasteiger partial charge < -0.3 is 10.6 Å². The van der Waals surface area contributed by atoms with Crippen LogP contribution >= 0.6 is 12.4 Å². The van der Waals surface area contributed by atoms with Gasteiger partial charge in [-0.05, 0) is 47.5 Å². The Labute approximate surface area is 186 Å². The van der Waals surface area contributed by atoms with Gasteiger partial charge in [-0.1, -0.05) is 24.3 Å². The van der Waals surface area contributed by atoms with Crippen molar-refractivity contribution in [3.63, 3.8) is 0 Å². The minimum absolute atomic E-state index is 0. The van der Waals surface area contributed by atoms with E-state index in [1.54, 1.807) is 42.6 Å². The molecule has 0 saturated heterocycles. The number of hydrogen-bond acceptors (Lipinski definition) is 2.